The lowest BCUT2D eigenvalue weighted by Crippen LogP contribution is -2.55. The van der Waals surface area contributed by atoms with Crippen LogP contribution < -0.4 is 5.32 Å². The number of piperidine rings is 1. The Morgan fingerprint density at radius 1 is 1.47 bits per heavy atom. The summed E-state index contributed by atoms with van der Waals surface area (Å²) in [4.78, 5) is 13.0. The Labute approximate surface area is 113 Å². The molecule has 0 bridgehead atoms. The van der Waals surface area contributed by atoms with Gasteiger partial charge in [-0.1, -0.05) is 30.3 Å². The van der Waals surface area contributed by atoms with Gasteiger partial charge in [-0.15, -0.1) is 0 Å². The average Bonchev–Trinajstić information content (AvgIpc) is 2.45. The molecule has 2 unspecified atom stereocenters. The molecule has 0 aromatic heterocycles. The monoisotopic (exact) mass is 264 g/mol. The standard InChI is InChI=1S/C14H20N2O3/c1-19-13-7-8-15-9-12(13)16(14(17)18)10-11-5-3-2-4-6-11/h2-6,12-13,15H,7-10H2,1H3,(H,17,18). The van der Waals surface area contributed by atoms with E-state index in [9.17, 15) is 9.90 Å². The molecule has 0 radical (unpaired) electrons. The molecule has 0 saturated carbocycles. The largest absolute Gasteiger partial charge is 0.465 e. The maximum atomic E-state index is 11.5. The highest BCUT2D eigenvalue weighted by molar-refractivity contribution is 5.65. The van der Waals surface area contributed by atoms with Crippen molar-refractivity contribution < 1.29 is 14.6 Å². The number of ether oxygens (including phenoxy) is 1. The topological polar surface area (TPSA) is 61.8 Å². The molecule has 0 aliphatic carbocycles. The summed E-state index contributed by atoms with van der Waals surface area (Å²) in [5.74, 6) is 0. The molecule has 1 amide bonds. The van der Waals surface area contributed by atoms with Gasteiger partial charge < -0.3 is 15.2 Å². The van der Waals surface area contributed by atoms with Gasteiger partial charge in [-0.2, -0.15) is 0 Å². The third-order valence-corrected chi connectivity index (χ3v) is 3.53. The first-order valence-corrected chi connectivity index (χ1v) is 6.49. The van der Waals surface area contributed by atoms with Gasteiger partial charge in [0.2, 0.25) is 0 Å². The minimum Gasteiger partial charge on any atom is -0.465 e. The molecule has 1 aliphatic heterocycles. The Hall–Kier alpha value is -1.59. The van der Waals surface area contributed by atoms with Crippen molar-refractivity contribution in [2.75, 3.05) is 20.2 Å². The van der Waals surface area contributed by atoms with Gasteiger partial charge in [0.05, 0.1) is 12.1 Å². The number of benzene rings is 1. The molecule has 104 valence electrons. The van der Waals surface area contributed by atoms with Crippen LogP contribution in [0.4, 0.5) is 4.79 Å². The second-order valence-electron chi connectivity index (χ2n) is 4.73. The fourth-order valence-electron chi connectivity index (χ4n) is 2.51. The Morgan fingerprint density at radius 2 is 2.21 bits per heavy atom. The molecular formula is C14H20N2O3. The predicted molar refractivity (Wildman–Crippen MR) is 72.1 cm³/mol. The van der Waals surface area contributed by atoms with Gasteiger partial charge >= 0.3 is 6.09 Å². The molecule has 19 heavy (non-hydrogen) atoms. The Kier molecular flexibility index (Phi) is 4.76. The fraction of sp³-hybridized carbons (Fsp3) is 0.500. The molecule has 0 spiro atoms. The molecule has 1 aromatic carbocycles. The van der Waals surface area contributed by atoms with Crippen molar-refractivity contribution in [1.82, 2.24) is 10.2 Å². The van der Waals surface area contributed by atoms with Crippen molar-refractivity contribution in [3.05, 3.63) is 35.9 Å². The van der Waals surface area contributed by atoms with Crippen LogP contribution in [0.25, 0.3) is 0 Å². The zero-order chi connectivity index (χ0) is 13.7. The first-order valence-electron chi connectivity index (χ1n) is 6.49. The van der Waals surface area contributed by atoms with E-state index in [4.69, 9.17) is 4.74 Å². The zero-order valence-electron chi connectivity index (χ0n) is 11.1. The van der Waals surface area contributed by atoms with Gasteiger partial charge in [0.25, 0.3) is 0 Å². The second kappa shape index (κ2) is 6.54. The highest BCUT2D eigenvalue weighted by Crippen LogP contribution is 2.17. The number of methoxy groups -OCH3 is 1. The van der Waals surface area contributed by atoms with E-state index in [2.05, 4.69) is 5.32 Å². The summed E-state index contributed by atoms with van der Waals surface area (Å²) >= 11 is 0. The molecule has 1 heterocycles. The number of hydrogen-bond acceptors (Lipinski definition) is 3. The van der Waals surface area contributed by atoms with E-state index in [1.54, 1.807) is 7.11 Å². The van der Waals surface area contributed by atoms with Crippen molar-refractivity contribution in [1.29, 1.82) is 0 Å². The first kappa shape index (κ1) is 13.8. The molecule has 1 aromatic rings. The fourth-order valence-corrected chi connectivity index (χ4v) is 2.51. The number of carbonyl (C=O) groups is 1. The Balaban J connectivity index is 2.12. The summed E-state index contributed by atoms with van der Waals surface area (Å²) in [5, 5.41) is 12.7. The van der Waals surface area contributed by atoms with Gasteiger partial charge in [-0.25, -0.2) is 4.79 Å². The maximum Gasteiger partial charge on any atom is 0.407 e. The van der Waals surface area contributed by atoms with E-state index >= 15 is 0 Å². The smallest absolute Gasteiger partial charge is 0.407 e. The predicted octanol–water partition coefficient (Wildman–Crippen LogP) is 1.54. The van der Waals surface area contributed by atoms with E-state index in [-0.39, 0.29) is 12.1 Å². The lowest BCUT2D eigenvalue weighted by Gasteiger charge is -2.38. The molecule has 2 N–H and O–H groups in total. The summed E-state index contributed by atoms with van der Waals surface area (Å²) in [6, 6.07) is 9.50. The average molecular weight is 264 g/mol. The van der Waals surface area contributed by atoms with Gasteiger partial charge in [0, 0.05) is 20.2 Å². The highest BCUT2D eigenvalue weighted by atomic mass is 16.5. The second-order valence-corrected chi connectivity index (χ2v) is 4.73. The quantitative estimate of drug-likeness (QED) is 0.866. The summed E-state index contributed by atoms with van der Waals surface area (Å²) in [7, 11) is 1.64. The van der Waals surface area contributed by atoms with Crippen LogP contribution in [0.2, 0.25) is 0 Å². The highest BCUT2D eigenvalue weighted by Gasteiger charge is 2.33. The van der Waals surface area contributed by atoms with Gasteiger partial charge in [0.15, 0.2) is 0 Å². The van der Waals surface area contributed by atoms with E-state index in [1.807, 2.05) is 30.3 Å². The normalized spacial score (nSPS) is 23.0. The molecule has 2 atom stereocenters. The Morgan fingerprint density at radius 3 is 2.84 bits per heavy atom. The lowest BCUT2D eigenvalue weighted by molar-refractivity contribution is -0.00157. The van der Waals surface area contributed by atoms with Crippen LogP contribution >= 0.6 is 0 Å². The Bertz CT molecular complexity index is 410. The number of amides is 1. The summed E-state index contributed by atoms with van der Waals surface area (Å²) in [6.07, 6.45) is -0.111. The van der Waals surface area contributed by atoms with E-state index < -0.39 is 6.09 Å². The van der Waals surface area contributed by atoms with Crippen LogP contribution in [0.15, 0.2) is 30.3 Å². The lowest BCUT2D eigenvalue weighted by atomic mass is 10.0. The number of carboxylic acid groups (broad SMARTS) is 1. The van der Waals surface area contributed by atoms with Crippen LogP contribution in [0.3, 0.4) is 0 Å². The van der Waals surface area contributed by atoms with Gasteiger partial charge in [-0.05, 0) is 18.5 Å². The van der Waals surface area contributed by atoms with Crippen molar-refractivity contribution in [2.45, 2.75) is 25.1 Å². The summed E-state index contributed by atoms with van der Waals surface area (Å²) in [5.41, 5.74) is 0.991. The molecular weight excluding hydrogens is 244 g/mol. The van der Waals surface area contributed by atoms with Crippen LogP contribution in [-0.2, 0) is 11.3 Å². The minimum absolute atomic E-state index is 0.0407. The van der Waals surface area contributed by atoms with Crippen LogP contribution in [0.5, 0.6) is 0 Å². The summed E-state index contributed by atoms with van der Waals surface area (Å²) < 4.78 is 5.43. The van der Waals surface area contributed by atoms with Gasteiger partial charge in [0.1, 0.15) is 0 Å². The SMILES string of the molecule is COC1CCNCC1N(Cc1ccccc1)C(=O)O. The molecule has 5 heteroatoms. The van der Waals surface area contributed by atoms with Crippen molar-refractivity contribution in [2.24, 2.45) is 0 Å². The van der Waals surface area contributed by atoms with E-state index in [0.717, 1.165) is 18.5 Å². The summed E-state index contributed by atoms with van der Waals surface area (Å²) in [6.45, 7) is 1.90. The minimum atomic E-state index is -0.903. The van der Waals surface area contributed by atoms with E-state index in [1.165, 1.54) is 4.90 Å². The zero-order valence-corrected chi connectivity index (χ0v) is 11.1. The number of nitrogens with one attached hydrogen (secondary N) is 1. The number of nitrogens with zero attached hydrogens (tertiary/aromatic N) is 1. The molecule has 1 fully saturated rings. The third-order valence-electron chi connectivity index (χ3n) is 3.53. The number of rotatable bonds is 4. The molecule has 1 aliphatic rings. The molecule has 1 saturated heterocycles. The van der Waals surface area contributed by atoms with Crippen LogP contribution in [0.1, 0.15) is 12.0 Å². The van der Waals surface area contributed by atoms with Crippen LogP contribution in [0, 0.1) is 0 Å². The van der Waals surface area contributed by atoms with Crippen molar-refractivity contribution in [3.8, 4) is 0 Å². The molecule has 5 nitrogen and oxygen atoms in total. The molecule has 2 rings (SSSR count). The maximum absolute atomic E-state index is 11.5. The van der Waals surface area contributed by atoms with Crippen LogP contribution in [-0.4, -0.2) is 48.4 Å². The van der Waals surface area contributed by atoms with Gasteiger partial charge in [-0.3, -0.25) is 4.90 Å². The van der Waals surface area contributed by atoms with Crippen molar-refractivity contribution in [3.63, 3.8) is 0 Å². The van der Waals surface area contributed by atoms with Crippen molar-refractivity contribution >= 4 is 6.09 Å². The third kappa shape index (κ3) is 3.45. The number of hydrogen-bond donors (Lipinski definition) is 2. The first-order chi connectivity index (χ1) is 9.22. The van der Waals surface area contributed by atoms with E-state index in [0.29, 0.717) is 13.1 Å².